The van der Waals surface area contributed by atoms with Gasteiger partial charge in [0.1, 0.15) is 12.3 Å². The van der Waals surface area contributed by atoms with Gasteiger partial charge in [-0.05, 0) is 56.7 Å². The fourth-order valence-corrected chi connectivity index (χ4v) is 4.08. The summed E-state index contributed by atoms with van der Waals surface area (Å²) in [5.41, 5.74) is 2.87. The third-order valence-corrected chi connectivity index (χ3v) is 6.11. The summed E-state index contributed by atoms with van der Waals surface area (Å²) in [5, 5.41) is 1.57. The first-order chi connectivity index (χ1) is 14.0. The Hall–Kier alpha value is -2.18. The molecular weight excluding hydrogens is 406 g/mol. The number of aromatic nitrogens is 2. The van der Waals surface area contributed by atoms with E-state index in [-0.39, 0.29) is 5.91 Å². The highest BCUT2D eigenvalue weighted by Crippen LogP contribution is 2.25. The second-order valence-corrected chi connectivity index (χ2v) is 8.11. The Labute approximate surface area is 181 Å². The molecule has 0 unspecified atom stereocenters. The quantitative estimate of drug-likeness (QED) is 0.352. The number of hydrogen-bond acceptors (Lipinski definition) is 4. The van der Waals surface area contributed by atoms with E-state index >= 15 is 0 Å². The van der Waals surface area contributed by atoms with Crippen LogP contribution in [0.2, 0.25) is 5.02 Å². The molecule has 0 atom stereocenters. The van der Waals surface area contributed by atoms with Gasteiger partial charge in [-0.15, -0.1) is 0 Å². The van der Waals surface area contributed by atoms with E-state index in [1.807, 2.05) is 72.7 Å². The molecule has 0 saturated carbocycles. The number of imidazole rings is 1. The third kappa shape index (κ3) is 5.25. The summed E-state index contributed by atoms with van der Waals surface area (Å²) in [6.07, 6.45) is 0. The van der Waals surface area contributed by atoms with Gasteiger partial charge in [0.05, 0.1) is 17.6 Å². The van der Waals surface area contributed by atoms with Crippen molar-refractivity contribution in [1.29, 1.82) is 0 Å². The van der Waals surface area contributed by atoms with Gasteiger partial charge in [0.2, 0.25) is 5.91 Å². The lowest BCUT2D eigenvalue weighted by molar-refractivity contribution is -0.131. The van der Waals surface area contributed by atoms with Crippen molar-refractivity contribution < 1.29 is 9.53 Å². The van der Waals surface area contributed by atoms with E-state index in [1.54, 1.807) is 11.8 Å². The highest BCUT2D eigenvalue weighted by molar-refractivity contribution is 7.99. The maximum absolute atomic E-state index is 12.7. The zero-order valence-electron chi connectivity index (χ0n) is 17.0. The number of halogens is 1. The van der Waals surface area contributed by atoms with Crippen LogP contribution >= 0.6 is 23.4 Å². The van der Waals surface area contributed by atoms with Crippen LogP contribution < -0.4 is 4.74 Å². The first kappa shape index (κ1) is 21.5. The number of hydrogen-bond donors (Lipinski definition) is 0. The van der Waals surface area contributed by atoms with Crippen LogP contribution in [0.1, 0.15) is 19.4 Å². The molecule has 5 nitrogen and oxygen atoms in total. The Bertz CT molecular complexity index is 985. The lowest BCUT2D eigenvalue weighted by Gasteiger charge is -2.19. The van der Waals surface area contributed by atoms with Crippen molar-refractivity contribution in [1.82, 2.24) is 14.5 Å². The lowest BCUT2D eigenvalue weighted by Crippen LogP contribution is -2.33. The molecule has 7 heteroatoms. The van der Waals surface area contributed by atoms with Crippen molar-refractivity contribution >= 4 is 40.3 Å². The van der Waals surface area contributed by atoms with Crippen LogP contribution in [-0.4, -0.2) is 45.8 Å². The second kappa shape index (κ2) is 10.0. The summed E-state index contributed by atoms with van der Waals surface area (Å²) in [6.45, 7) is 8.20. The minimum atomic E-state index is 0.105. The number of ether oxygens (including phenoxy) is 1. The predicted molar refractivity (Wildman–Crippen MR) is 120 cm³/mol. The van der Waals surface area contributed by atoms with Gasteiger partial charge < -0.3 is 14.2 Å². The summed E-state index contributed by atoms with van der Waals surface area (Å²) in [4.78, 5) is 19.2. The Morgan fingerprint density at radius 3 is 2.69 bits per heavy atom. The number of carbonyl (C=O) groups is 1. The number of carbonyl (C=O) groups excluding carboxylic acids is 1. The van der Waals surface area contributed by atoms with Crippen LogP contribution in [0.3, 0.4) is 0 Å². The normalized spacial score (nSPS) is 11.0. The molecule has 0 radical (unpaired) electrons. The number of para-hydroxylation sites is 2. The zero-order valence-corrected chi connectivity index (χ0v) is 18.6. The van der Waals surface area contributed by atoms with Gasteiger partial charge in [-0.1, -0.05) is 35.5 Å². The van der Waals surface area contributed by atoms with Crippen LogP contribution in [0.4, 0.5) is 0 Å². The predicted octanol–water partition coefficient (Wildman–Crippen LogP) is 5.04. The monoisotopic (exact) mass is 431 g/mol. The van der Waals surface area contributed by atoms with E-state index in [1.165, 1.54) is 0 Å². The highest BCUT2D eigenvalue weighted by atomic mass is 35.5. The molecule has 0 fully saturated rings. The Balaban J connectivity index is 1.69. The molecule has 154 valence electrons. The number of rotatable bonds is 9. The second-order valence-electron chi connectivity index (χ2n) is 6.64. The van der Waals surface area contributed by atoms with Crippen molar-refractivity contribution in [3.63, 3.8) is 0 Å². The number of fused-ring (bicyclic) bond motifs is 1. The van der Waals surface area contributed by atoms with Crippen LogP contribution in [0, 0.1) is 6.92 Å². The molecule has 1 amide bonds. The van der Waals surface area contributed by atoms with E-state index in [0.717, 1.165) is 38.3 Å². The van der Waals surface area contributed by atoms with Gasteiger partial charge in [0, 0.05) is 23.9 Å². The van der Waals surface area contributed by atoms with Crippen LogP contribution in [0.25, 0.3) is 11.0 Å². The fourth-order valence-electron chi connectivity index (χ4n) is 3.13. The van der Waals surface area contributed by atoms with Crippen LogP contribution in [0.5, 0.6) is 5.75 Å². The summed E-state index contributed by atoms with van der Waals surface area (Å²) >= 11 is 7.66. The van der Waals surface area contributed by atoms with Gasteiger partial charge in [-0.25, -0.2) is 4.98 Å². The van der Waals surface area contributed by atoms with Crippen molar-refractivity contribution in [2.24, 2.45) is 0 Å². The summed E-state index contributed by atoms with van der Waals surface area (Å²) in [5.74, 6) is 1.63. The van der Waals surface area contributed by atoms with Crippen LogP contribution in [-0.2, 0) is 11.3 Å². The van der Waals surface area contributed by atoms with E-state index in [2.05, 4.69) is 0 Å². The third-order valence-electron chi connectivity index (χ3n) is 4.74. The number of thioether (sulfide) groups is 1. The molecule has 1 heterocycles. The van der Waals surface area contributed by atoms with Crippen molar-refractivity contribution in [3.05, 3.63) is 53.1 Å². The molecule has 3 rings (SSSR count). The standard InChI is InChI=1S/C22H26ClN3O2S/c1-4-25(5-2)21(27)15-26-20-9-7-6-8-19(20)24-22(26)29-13-12-28-17-10-11-18(23)16(3)14-17/h6-11,14H,4-5,12-13,15H2,1-3H3. The minimum Gasteiger partial charge on any atom is -0.493 e. The smallest absolute Gasteiger partial charge is 0.242 e. The molecule has 0 N–H and O–H groups in total. The molecule has 0 aliphatic carbocycles. The van der Waals surface area contributed by atoms with E-state index in [4.69, 9.17) is 21.3 Å². The highest BCUT2D eigenvalue weighted by Gasteiger charge is 2.17. The maximum Gasteiger partial charge on any atom is 0.242 e. The molecule has 0 aliphatic rings. The molecular formula is C22H26ClN3O2S. The first-order valence-electron chi connectivity index (χ1n) is 9.78. The van der Waals surface area contributed by atoms with Crippen molar-refractivity contribution in [2.75, 3.05) is 25.4 Å². The molecule has 0 aliphatic heterocycles. The molecule has 0 spiro atoms. The number of aryl methyl sites for hydroxylation is 1. The largest absolute Gasteiger partial charge is 0.493 e. The number of nitrogens with zero attached hydrogens (tertiary/aromatic N) is 3. The number of amides is 1. The van der Waals surface area contributed by atoms with Gasteiger partial charge in [-0.2, -0.15) is 0 Å². The fraction of sp³-hybridized carbons (Fsp3) is 0.364. The summed E-state index contributed by atoms with van der Waals surface area (Å²) in [6, 6.07) is 13.6. The molecule has 0 saturated heterocycles. The van der Waals surface area contributed by atoms with E-state index < -0.39 is 0 Å². The molecule has 0 bridgehead atoms. The minimum absolute atomic E-state index is 0.105. The van der Waals surface area contributed by atoms with Crippen molar-refractivity contribution in [3.8, 4) is 5.75 Å². The Morgan fingerprint density at radius 1 is 1.21 bits per heavy atom. The molecule has 3 aromatic rings. The van der Waals surface area contributed by atoms with Gasteiger partial charge >= 0.3 is 0 Å². The van der Waals surface area contributed by atoms with E-state index in [9.17, 15) is 4.79 Å². The molecule has 1 aromatic heterocycles. The zero-order chi connectivity index (χ0) is 20.8. The van der Waals surface area contributed by atoms with Crippen LogP contribution in [0.15, 0.2) is 47.6 Å². The topological polar surface area (TPSA) is 47.4 Å². The Morgan fingerprint density at radius 2 is 1.97 bits per heavy atom. The van der Waals surface area contributed by atoms with Gasteiger partial charge in [0.15, 0.2) is 5.16 Å². The molecule has 2 aromatic carbocycles. The van der Waals surface area contributed by atoms with Gasteiger partial charge in [0.25, 0.3) is 0 Å². The summed E-state index contributed by atoms with van der Waals surface area (Å²) in [7, 11) is 0. The summed E-state index contributed by atoms with van der Waals surface area (Å²) < 4.78 is 7.85. The molecule has 29 heavy (non-hydrogen) atoms. The maximum atomic E-state index is 12.7. The lowest BCUT2D eigenvalue weighted by atomic mass is 10.2. The van der Waals surface area contributed by atoms with Gasteiger partial charge in [-0.3, -0.25) is 4.79 Å². The Kier molecular flexibility index (Phi) is 7.45. The average molecular weight is 432 g/mol. The van der Waals surface area contributed by atoms with Crippen molar-refractivity contribution in [2.45, 2.75) is 32.5 Å². The van der Waals surface area contributed by atoms with E-state index in [0.29, 0.717) is 26.2 Å². The number of benzene rings is 2. The average Bonchev–Trinajstić information content (AvgIpc) is 3.06. The first-order valence-corrected chi connectivity index (χ1v) is 11.1. The SMILES string of the molecule is CCN(CC)C(=O)Cn1c(SCCOc2ccc(Cl)c(C)c2)nc2ccccc21. The number of likely N-dealkylation sites (N-methyl/N-ethyl adjacent to an activating group) is 1.